The molecule has 6 unspecified atom stereocenters. The standard InChI is InChI=1S/C22H38O2/c1-6-16-14-19(23)10-12-21(16,4)18-9-11-22(5)17(13-18)7-8-20(22)24-15(2)3/h15-18,20H,6-14H2,1-5H3. The zero-order chi connectivity index (χ0) is 17.5. The van der Waals surface area contributed by atoms with E-state index < -0.39 is 0 Å². The van der Waals surface area contributed by atoms with Crippen LogP contribution in [-0.4, -0.2) is 18.0 Å². The fraction of sp³-hybridized carbons (Fsp3) is 0.955. The molecule has 0 aromatic rings. The second kappa shape index (κ2) is 6.74. The van der Waals surface area contributed by atoms with Crippen LogP contribution in [-0.2, 0) is 9.53 Å². The van der Waals surface area contributed by atoms with Gasteiger partial charge >= 0.3 is 0 Å². The van der Waals surface area contributed by atoms with E-state index in [1.54, 1.807) is 0 Å². The zero-order valence-corrected chi connectivity index (χ0v) is 16.6. The molecule has 6 atom stereocenters. The molecule has 3 aliphatic carbocycles. The highest BCUT2D eigenvalue weighted by Crippen LogP contribution is 2.60. The van der Waals surface area contributed by atoms with E-state index in [4.69, 9.17) is 4.74 Å². The van der Waals surface area contributed by atoms with Crippen LogP contribution in [0.25, 0.3) is 0 Å². The van der Waals surface area contributed by atoms with E-state index in [-0.39, 0.29) is 0 Å². The number of Topliss-reactive ketones (excluding diaryl/α,β-unsaturated/α-hetero) is 1. The molecule has 138 valence electrons. The maximum absolute atomic E-state index is 12.0. The second-order valence-corrected chi connectivity index (χ2v) is 9.78. The van der Waals surface area contributed by atoms with Gasteiger partial charge in [0.1, 0.15) is 5.78 Å². The van der Waals surface area contributed by atoms with Crippen molar-refractivity contribution in [1.29, 1.82) is 0 Å². The van der Waals surface area contributed by atoms with Crippen molar-refractivity contribution in [3.05, 3.63) is 0 Å². The van der Waals surface area contributed by atoms with Gasteiger partial charge in [0.25, 0.3) is 0 Å². The van der Waals surface area contributed by atoms with Crippen LogP contribution in [0.4, 0.5) is 0 Å². The molecule has 3 saturated carbocycles. The third-order valence-electron chi connectivity index (χ3n) is 8.26. The largest absolute Gasteiger partial charge is 0.375 e. The smallest absolute Gasteiger partial charge is 0.133 e. The van der Waals surface area contributed by atoms with E-state index in [1.165, 1.54) is 38.5 Å². The van der Waals surface area contributed by atoms with Crippen LogP contribution in [0.15, 0.2) is 0 Å². The van der Waals surface area contributed by atoms with Crippen LogP contribution in [0, 0.1) is 28.6 Å². The number of carbonyl (C=O) groups excluding carboxylic acids is 1. The summed E-state index contributed by atoms with van der Waals surface area (Å²) in [7, 11) is 0. The summed E-state index contributed by atoms with van der Waals surface area (Å²) in [5.41, 5.74) is 0.782. The molecule has 0 bridgehead atoms. The van der Waals surface area contributed by atoms with E-state index >= 15 is 0 Å². The molecule has 0 heterocycles. The molecule has 2 nitrogen and oxygen atoms in total. The summed E-state index contributed by atoms with van der Waals surface area (Å²) in [6.07, 6.45) is 11.4. The van der Waals surface area contributed by atoms with Crippen molar-refractivity contribution in [3.63, 3.8) is 0 Å². The van der Waals surface area contributed by atoms with E-state index in [9.17, 15) is 4.79 Å². The molecule has 0 amide bonds. The van der Waals surface area contributed by atoms with Crippen LogP contribution in [0.3, 0.4) is 0 Å². The fourth-order valence-corrected chi connectivity index (χ4v) is 6.50. The van der Waals surface area contributed by atoms with E-state index in [0.717, 1.165) is 31.1 Å². The fourth-order valence-electron chi connectivity index (χ4n) is 6.50. The summed E-state index contributed by atoms with van der Waals surface area (Å²) in [5.74, 6) is 2.75. The molecule has 0 aromatic carbocycles. The van der Waals surface area contributed by atoms with Gasteiger partial charge in [-0.2, -0.15) is 0 Å². The molecule has 0 N–H and O–H groups in total. The summed E-state index contributed by atoms with van der Waals surface area (Å²) in [6.45, 7) is 11.6. The minimum atomic E-state index is 0.342. The number of rotatable bonds is 4. The Morgan fingerprint density at radius 2 is 1.79 bits per heavy atom. The molecular weight excluding hydrogens is 296 g/mol. The Kier molecular flexibility index (Phi) is 5.17. The maximum atomic E-state index is 12.0. The SMILES string of the molecule is CCC1CC(=O)CCC1(C)C1CCC2(C)C(CCC2OC(C)C)C1. The first-order valence-electron chi connectivity index (χ1n) is 10.5. The van der Waals surface area contributed by atoms with Gasteiger partial charge in [0.05, 0.1) is 12.2 Å². The highest BCUT2D eigenvalue weighted by molar-refractivity contribution is 5.79. The predicted molar refractivity (Wildman–Crippen MR) is 98.9 cm³/mol. The van der Waals surface area contributed by atoms with Gasteiger partial charge in [0.2, 0.25) is 0 Å². The Balaban J connectivity index is 1.72. The molecule has 0 radical (unpaired) electrons. The van der Waals surface area contributed by atoms with Crippen LogP contribution in [0.2, 0.25) is 0 Å². The minimum Gasteiger partial charge on any atom is -0.375 e. The Labute approximate surface area is 149 Å². The van der Waals surface area contributed by atoms with Crippen molar-refractivity contribution >= 4 is 5.78 Å². The number of carbonyl (C=O) groups is 1. The van der Waals surface area contributed by atoms with Gasteiger partial charge in [-0.1, -0.05) is 27.2 Å². The lowest BCUT2D eigenvalue weighted by molar-refractivity contribution is -0.129. The lowest BCUT2D eigenvalue weighted by Gasteiger charge is -2.52. The summed E-state index contributed by atoms with van der Waals surface area (Å²) in [6, 6.07) is 0. The Bertz CT molecular complexity index is 471. The first-order valence-corrected chi connectivity index (χ1v) is 10.5. The molecule has 2 heteroatoms. The van der Waals surface area contributed by atoms with Gasteiger partial charge < -0.3 is 4.74 Å². The lowest BCUT2D eigenvalue weighted by Crippen LogP contribution is -2.47. The second-order valence-electron chi connectivity index (χ2n) is 9.78. The maximum Gasteiger partial charge on any atom is 0.133 e. The Morgan fingerprint density at radius 1 is 1.08 bits per heavy atom. The quantitative estimate of drug-likeness (QED) is 0.651. The number of fused-ring (bicyclic) bond motifs is 1. The summed E-state index contributed by atoms with van der Waals surface area (Å²) in [4.78, 5) is 12.0. The predicted octanol–water partition coefficient (Wildman–Crippen LogP) is 5.78. The summed E-state index contributed by atoms with van der Waals surface area (Å²) in [5, 5.41) is 0. The van der Waals surface area contributed by atoms with E-state index in [2.05, 4.69) is 34.6 Å². The Morgan fingerprint density at radius 3 is 2.46 bits per heavy atom. The topological polar surface area (TPSA) is 26.3 Å². The number of ketones is 1. The zero-order valence-electron chi connectivity index (χ0n) is 16.6. The average molecular weight is 335 g/mol. The monoisotopic (exact) mass is 334 g/mol. The van der Waals surface area contributed by atoms with Crippen LogP contribution < -0.4 is 0 Å². The van der Waals surface area contributed by atoms with Crippen molar-refractivity contribution < 1.29 is 9.53 Å². The molecule has 24 heavy (non-hydrogen) atoms. The van der Waals surface area contributed by atoms with Crippen molar-refractivity contribution in [2.24, 2.45) is 28.6 Å². The number of ether oxygens (including phenoxy) is 1. The normalized spacial score (nSPS) is 46.3. The number of hydrogen-bond acceptors (Lipinski definition) is 2. The average Bonchev–Trinajstić information content (AvgIpc) is 2.85. The highest BCUT2D eigenvalue weighted by Gasteiger charge is 2.54. The van der Waals surface area contributed by atoms with Gasteiger partial charge in [-0.15, -0.1) is 0 Å². The van der Waals surface area contributed by atoms with Gasteiger partial charge in [-0.25, -0.2) is 0 Å². The van der Waals surface area contributed by atoms with Gasteiger partial charge in [0, 0.05) is 12.8 Å². The van der Waals surface area contributed by atoms with E-state index in [1.807, 2.05) is 0 Å². The van der Waals surface area contributed by atoms with E-state index in [0.29, 0.717) is 34.7 Å². The third-order valence-corrected chi connectivity index (χ3v) is 8.26. The van der Waals surface area contributed by atoms with Gasteiger partial charge in [0.15, 0.2) is 0 Å². The first-order chi connectivity index (χ1) is 11.3. The van der Waals surface area contributed by atoms with Gasteiger partial charge in [-0.3, -0.25) is 4.79 Å². The minimum absolute atomic E-state index is 0.342. The molecular formula is C22H38O2. The van der Waals surface area contributed by atoms with Gasteiger partial charge in [-0.05, 0) is 81.0 Å². The third kappa shape index (κ3) is 3.08. The molecule has 0 spiro atoms. The molecule has 0 aromatic heterocycles. The molecule has 3 aliphatic rings. The molecule has 3 rings (SSSR count). The van der Waals surface area contributed by atoms with Crippen molar-refractivity contribution in [2.75, 3.05) is 0 Å². The number of hydrogen-bond donors (Lipinski definition) is 0. The van der Waals surface area contributed by atoms with Crippen molar-refractivity contribution in [2.45, 2.75) is 105 Å². The first kappa shape index (κ1) is 18.4. The van der Waals surface area contributed by atoms with Crippen molar-refractivity contribution in [1.82, 2.24) is 0 Å². The molecule has 0 aliphatic heterocycles. The summed E-state index contributed by atoms with van der Waals surface area (Å²) >= 11 is 0. The lowest BCUT2D eigenvalue weighted by atomic mass is 9.53. The van der Waals surface area contributed by atoms with Crippen LogP contribution >= 0.6 is 0 Å². The van der Waals surface area contributed by atoms with Crippen LogP contribution in [0.5, 0.6) is 0 Å². The van der Waals surface area contributed by atoms with Crippen molar-refractivity contribution in [3.8, 4) is 0 Å². The summed E-state index contributed by atoms with van der Waals surface area (Å²) < 4.78 is 6.30. The molecule has 0 saturated heterocycles. The highest BCUT2D eigenvalue weighted by atomic mass is 16.5. The Hall–Kier alpha value is -0.370. The molecule has 3 fully saturated rings. The van der Waals surface area contributed by atoms with Crippen LogP contribution in [0.1, 0.15) is 92.4 Å².